The summed E-state index contributed by atoms with van der Waals surface area (Å²) in [5, 5.41) is 4.48. The number of rotatable bonds is 7. The highest BCUT2D eigenvalue weighted by Crippen LogP contribution is 2.28. The van der Waals surface area contributed by atoms with Crippen LogP contribution in [0.25, 0.3) is 10.4 Å². The molecule has 0 aromatic rings. The second kappa shape index (κ2) is 9.88. The Balaban J connectivity index is 2.77. The molecule has 0 N–H and O–H groups in total. The first-order valence-electron chi connectivity index (χ1n) is 6.64. The van der Waals surface area contributed by atoms with Crippen molar-refractivity contribution >= 4 is 16.9 Å². The summed E-state index contributed by atoms with van der Waals surface area (Å²) in [4.78, 5) is 9.60. The van der Waals surface area contributed by atoms with Crippen LogP contribution >= 0.6 is 11.8 Å². The topological polar surface area (TPSA) is 82.8 Å². The Morgan fingerprint density at radius 1 is 1.25 bits per heavy atom. The number of azide groups is 1. The molecule has 0 radical (unpaired) electrons. The first kappa shape index (κ1) is 17.1. The molecular formula is C12H23N5O2S. The Kier molecular flexibility index (Phi) is 8.45. The maximum absolute atomic E-state index is 8.29. The van der Waals surface area contributed by atoms with Gasteiger partial charge in [0, 0.05) is 32.2 Å². The minimum absolute atomic E-state index is 0.339. The van der Waals surface area contributed by atoms with Crippen LogP contribution < -0.4 is 0 Å². The minimum Gasteiger partial charge on any atom is -0.383 e. The number of hydrogen-bond acceptors (Lipinski definition) is 5. The first-order chi connectivity index (χ1) is 9.78. The molecule has 0 saturated carbocycles. The standard InChI is InChI=1S/C12H23N5O2S/c1-18-8-10-4-5-11(9-19-2)17(10)12(20-3)14-6-7-15-16-13/h10-11H,4-9H2,1-3H3/t10-,11-/m0/s1. The summed E-state index contributed by atoms with van der Waals surface area (Å²) in [5.74, 6) is 0. The van der Waals surface area contributed by atoms with Gasteiger partial charge in [-0.1, -0.05) is 16.9 Å². The largest absolute Gasteiger partial charge is 0.383 e. The van der Waals surface area contributed by atoms with Crippen LogP contribution in [0.1, 0.15) is 12.8 Å². The van der Waals surface area contributed by atoms with Crippen molar-refractivity contribution in [3.05, 3.63) is 10.4 Å². The number of nitrogens with zero attached hydrogens (tertiary/aromatic N) is 5. The molecule has 1 heterocycles. The van der Waals surface area contributed by atoms with Gasteiger partial charge in [-0.15, -0.1) is 0 Å². The lowest BCUT2D eigenvalue weighted by Crippen LogP contribution is -2.43. The minimum atomic E-state index is 0.339. The molecule has 20 heavy (non-hydrogen) atoms. The van der Waals surface area contributed by atoms with Crippen molar-refractivity contribution in [1.82, 2.24) is 4.90 Å². The van der Waals surface area contributed by atoms with Gasteiger partial charge >= 0.3 is 0 Å². The van der Waals surface area contributed by atoms with Crippen LogP contribution in [-0.2, 0) is 9.47 Å². The SMILES string of the molecule is COC[C@@H]1CC[C@@H](COC)N1C(=NCCN=[N+]=[N-])SC. The number of amidine groups is 1. The summed E-state index contributed by atoms with van der Waals surface area (Å²) in [5.41, 5.74) is 8.29. The third-order valence-corrected chi connectivity index (χ3v) is 3.96. The molecule has 0 spiro atoms. The molecule has 0 aliphatic carbocycles. The van der Waals surface area contributed by atoms with Crippen molar-refractivity contribution in [2.24, 2.45) is 10.1 Å². The van der Waals surface area contributed by atoms with E-state index in [0.29, 0.717) is 38.4 Å². The molecule has 1 saturated heterocycles. The Hall–Kier alpha value is -0.950. The number of likely N-dealkylation sites (tertiary alicyclic amines) is 1. The summed E-state index contributed by atoms with van der Waals surface area (Å²) in [7, 11) is 3.44. The Morgan fingerprint density at radius 3 is 2.30 bits per heavy atom. The quantitative estimate of drug-likeness (QED) is 0.180. The van der Waals surface area contributed by atoms with Gasteiger partial charge in [0.1, 0.15) is 0 Å². The maximum atomic E-state index is 8.29. The highest BCUT2D eigenvalue weighted by atomic mass is 32.2. The molecule has 0 aromatic carbocycles. The second-order valence-corrected chi connectivity index (χ2v) is 5.30. The Labute approximate surface area is 124 Å². The molecule has 1 rings (SSSR count). The maximum Gasteiger partial charge on any atom is 0.159 e. The predicted octanol–water partition coefficient (Wildman–Crippen LogP) is 2.14. The summed E-state index contributed by atoms with van der Waals surface area (Å²) in [6.07, 6.45) is 4.17. The molecule has 7 nitrogen and oxygen atoms in total. The Bertz CT molecular complexity index is 346. The molecule has 0 amide bonds. The van der Waals surface area contributed by atoms with E-state index < -0.39 is 0 Å². The highest BCUT2D eigenvalue weighted by Gasteiger charge is 2.35. The van der Waals surface area contributed by atoms with Crippen LogP contribution in [-0.4, -0.2) is 68.9 Å². The number of methoxy groups -OCH3 is 2. The smallest absolute Gasteiger partial charge is 0.159 e. The monoisotopic (exact) mass is 301 g/mol. The van der Waals surface area contributed by atoms with Crippen molar-refractivity contribution in [2.75, 3.05) is 46.8 Å². The number of hydrogen-bond donors (Lipinski definition) is 0. The van der Waals surface area contributed by atoms with E-state index in [0.717, 1.165) is 18.0 Å². The summed E-state index contributed by atoms with van der Waals surface area (Å²) < 4.78 is 10.6. The zero-order valence-electron chi connectivity index (χ0n) is 12.4. The highest BCUT2D eigenvalue weighted by molar-refractivity contribution is 8.13. The third-order valence-electron chi connectivity index (χ3n) is 3.25. The number of thioether (sulfide) groups is 1. The lowest BCUT2D eigenvalue weighted by molar-refractivity contribution is 0.105. The average molecular weight is 301 g/mol. The lowest BCUT2D eigenvalue weighted by Gasteiger charge is -2.32. The molecule has 1 aliphatic heterocycles. The average Bonchev–Trinajstić information content (AvgIpc) is 2.83. The molecule has 0 bridgehead atoms. The van der Waals surface area contributed by atoms with Crippen molar-refractivity contribution in [1.29, 1.82) is 0 Å². The van der Waals surface area contributed by atoms with Crippen LogP contribution in [0.4, 0.5) is 0 Å². The third kappa shape index (κ3) is 4.86. The summed E-state index contributed by atoms with van der Waals surface area (Å²) in [6.45, 7) is 2.28. The molecule has 8 heteroatoms. The Morgan fingerprint density at radius 2 is 1.85 bits per heavy atom. The number of ether oxygens (including phenoxy) is 2. The molecule has 114 valence electrons. The van der Waals surface area contributed by atoms with Gasteiger partial charge in [-0.05, 0) is 24.6 Å². The van der Waals surface area contributed by atoms with Crippen LogP contribution in [0, 0.1) is 0 Å². The predicted molar refractivity (Wildman–Crippen MR) is 82.2 cm³/mol. The van der Waals surface area contributed by atoms with Crippen LogP contribution in [0.2, 0.25) is 0 Å². The first-order valence-corrected chi connectivity index (χ1v) is 7.86. The van der Waals surface area contributed by atoms with Gasteiger partial charge in [0.25, 0.3) is 0 Å². The fourth-order valence-corrected chi connectivity index (χ4v) is 3.20. The van der Waals surface area contributed by atoms with Gasteiger partial charge in [0.2, 0.25) is 0 Å². The molecule has 2 atom stereocenters. The van der Waals surface area contributed by atoms with E-state index in [1.807, 2.05) is 6.26 Å². The summed E-state index contributed by atoms with van der Waals surface area (Å²) >= 11 is 1.61. The van der Waals surface area contributed by atoms with Crippen molar-refractivity contribution < 1.29 is 9.47 Å². The van der Waals surface area contributed by atoms with Gasteiger partial charge in [-0.2, -0.15) is 0 Å². The van der Waals surface area contributed by atoms with Crippen molar-refractivity contribution in [3.63, 3.8) is 0 Å². The number of aliphatic imine (C=N–C) groups is 1. The molecule has 1 aliphatic rings. The van der Waals surface area contributed by atoms with Gasteiger partial charge in [0.05, 0.1) is 25.3 Å². The zero-order valence-corrected chi connectivity index (χ0v) is 13.2. The van der Waals surface area contributed by atoms with Crippen LogP contribution in [0.3, 0.4) is 0 Å². The van der Waals surface area contributed by atoms with Gasteiger partial charge in [0.15, 0.2) is 5.17 Å². The zero-order chi connectivity index (χ0) is 14.8. The van der Waals surface area contributed by atoms with Crippen LogP contribution in [0.5, 0.6) is 0 Å². The van der Waals surface area contributed by atoms with Gasteiger partial charge < -0.3 is 14.4 Å². The van der Waals surface area contributed by atoms with Gasteiger partial charge in [-0.3, -0.25) is 4.99 Å². The van der Waals surface area contributed by atoms with E-state index in [2.05, 4.69) is 19.9 Å². The van der Waals surface area contributed by atoms with Crippen molar-refractivity contribution in [3.8, 4) is 0 Å². The van der Waals surface area contributed by atoms with Crippen molar-refractivity contribution in [2.45, 2.75) is 24.9 Å². The molecule has 1 fully saturated rings. The summed E-state index contributed by atoms with van der Waals surface area (Å²) in [6, 6.07) is 0.677. The normalized spacial score (nSPS) is 22.9. The van der Waals surface area contributed by atoms with E-state index in [4.69, 9.17) is 15.0 Å². The van der Waals surface area contributed by atoms with E-state index in [-0.39, 0.29) is 0 Å². The van der Waals surface area contributed by atoms with E-state index in [1.165, 1.54) is 0 Å². The fraction of sp³-hybridized carbons (Fsp3) is 0.917. The molecular weight excluding hydrogens is 278 g/mol. The molecule has 0 unspecified atom stereocenters. The van der Waals surface area contributed by atoms with Gasteiger partial charge in [-0.25, -0.2) is 0 Å². The fourth-order valence-electron chi connectivity index (χ4n) is 2.47. The lowest BCUT2D eigenvalue weighted by atomic mass is 10.2. The van der Waals surface area contributed by atoms with Crippen LogP contribution in [0.15, 0.2) is 10.1 Å². The van der Waals surface area contributed by atoms with E-state index >= 15 is 0 Å². The second-order valence-electron chi connectivity index (χ2n) is 4.53. The molecule has 0 aromatic heterocycles. The van der Waals surface area contributed by atoms with E-state index in [9.17, 15) is 0 Å². The van der Waals surface area contributed by atoms with E-state index in [1.54, 1.807) is 26.0 Å².